The molecule has 1 aliphatic heterocycles. The van der Waals surface area contributed by atoms with E-state index in [0.717, 1.165) is 37.0 Å². The second kappa shape index (κ2) is 14.1. The summed E-state index contributed by atoms with van der Waals surface area (Å²) in [5.41, 5.74) is 6.84. The van der Waals surface area contributed by atoms with Crippen molar-refractivity contribution in [1.82, 2.24) is 10.6 Å². The number of nitrogens with one attached hydrogen (secondary N) is 2. The van der Waals surface area contributed by atoms with Crippen LogP contribution >= 0.6 is 21.6 Å². The average Bonchev–Trinajstić information content (AvgIpc) is 3.69. The SMILES string of the molecule is CNC[C@@H]1C[C@]2(C[C@@H]3[C@@H]4Cc5cc(O)cc(c5)Cc5ccccc5CN[C@@H](C)CSS[C@H]5C=C[C@]3(C[C@@H]5C4)[C@]3(C=CC[C@@H](C)C3)C2)CC12CCCC2. The first-order valence-electron chi connectivity index (χ1n) is 21.1. The highest BCUT2D eigenvalue weighted by Gasteiger charge is 2.68. The molecule has 5 heteroatoms. The third kappa shape index (κ3) is 6.38. The fourth-order valence-corrected chi connectivity index (χ4v) is 17.3. The molecular weight excluding hydrogens is 673 g/mol. The van der Waals surface area contributed by atoms with Gasteiger partial charge >= 0.3 is 0 Å². The van der Waals surface area contributed by atoms with Gasteiger partial charge in [-0.15, -0.1) is 0 Å². The van der Waals surface area contributed by atoms with Crippen LogP contribution in [-0.2, 0) is 19.4 Å². The third-order valence-corrected chi connectivity index (χ3v) is 19.0. The quantitative estimate of drug-likeness (QED) is 0.212. The van der Waals surface area contributed by atoms with Crippen LogP contribution < -0.4 is 10.6 Å². The molecule has 3 nitrogen and oxygen atoms in total. The molecule has 3 N–H and O–H groups in total. The van der Waals surface area contributed by atoms with Crippen molar-refractivity contribution >= 4 is 21.6 Å². The van der Waals surface area contributed by atoms with Crippen molar-refractivity contribution < 1.29 is 5.11 Å². The molecule has 7 aliphatic rings. The smallest absolute Gasteiger partial charge is 0.116 e. The maximum absolute atomic E-state index is 11.3. The van der Waals surface area contributed by atoms with E-state index in [-0.39, 0.29) is 10.8 Å². The fourth-order valence-electron chi connectivity index (χ4n) is 14.2. The molecule has 1 heterocycles. The molecule has 4 saturated carbocycles. The molecule has 0 radical (unpaired) electrons. The Morgan fingerprint density at radius 3 is 2.58 bits per heavy atom. The lowest BCUT2D eigenvalue weighted by molar-refractivity contribution is -0.137. The molecule has 52 heavy (non-hydrogen) atoms. The fraction of sp³-hybridized carbons (Fsp3) is 0.660. The summed E-state index contributed by atoms with van der Waals surface area (Å²) in [5, 5.41) is 19.4. The van der Waals surface area contributed by atoms with Gasteiger partial charge in [-0.2, -0.15) is 0 Å². The van der Waals surface area contributed by atoms with Crippen molar-refractivity contribution in [3.8, 4) is 5.75 Å². The van der Waals surface area contributed by atoms with Gasteiger partial charge in [-0.05, 0) is 178 Å². The normalized spacial score (nSPS) is 40.9. The molecule has 280 valence electrons. The number of benzene rings is 2. The molecule has 0 saturated heterocycles. The minimum absolute atomic E-state index is 0.235. The zero-order valence-corrected chi connectivity index (χ0v) is 33.8. The predicted molar refractivity (Wildman–Crippen MR) is 222 cm³/mol. The number of aromatic hydroxyl groups is 1. The van der Waals surface area contributed by atoms with Crippen molar-refractivity contribution in [2.24, 2.45) is 51.2 Å². The van der Waals surface area contributed by atoms with Gasteiger partial charge in [0.1, 0.15) is 5.75 Å². The summed E-state index contributed by atoms with van der Waals surface area (Å²) in [4.78, 5) is 0. The minimum Gasteiger partial charge on any atom is -0.508 e. The largest absolute Gasteiger partial charge is 0.508 e. The Balaban J connectivity index is 1.15. The molecule has 2 aromatic rings. The molecule has 6 aliphatic carbocycles. The summed E-state index contributed by atoms with van der Waals surface area (Å²) < 4.78 is 0. The third-order valence-electron chi connectivity index (χ3n) is 16.0. The molecule has 4 fully saturated rings. The predicted octanol–water partition coefficient (Wildman–Crippen LogP) is 10.9. The molecule has 0 amide bonds. The topological polar surface area (TPSA) is 44.3 Å². The Labute approximate surface area is 322 Å². The Hall–Kier alpha value is -1.66. The van der Waals surface area contributed by atoms with Gasteiger partial charge in [-0.25, -0.2) is 0 Å². The minimum atomic E-state index is 0.235. The van der Waals surface area contributed by atoms with Gasteiger partial charge in [0.15, 0.2) is 0 Å². The van der Waals surface area contributed by atoms with Crippen LogP contribution in [-0.4, -0.2) is 35.7 Å². The van der Waals surface area contributed by atoms with Crippen molar-refractivity contribution in [3.63, 3.8) is 0 Å². The summed E-state index contributed by atoms with van der Waals surface area (Å²) in [7, 11) is 6.48. The van der Waals surface area contributed by atoms with E-state index in [2.05, 4.69) is 114 Å². The van der Waals surface area contributed by atoms with Gasteiger partial charge < -0.3 is 15.7 Å². The molecule has 0 unspecified atom stereocenters. The van der Waals surface area contributed by atoms with Crippen molar-refractivity contribution in [1.29, 1.82) is 0 Å². The van der Waals surface area contributed by atoms with Crippen molar-refractivity contribution in [2.45, 2.75) is 122 Å². The first kappa shape index (κ1) is 36.0. The Bertz CT molecular complexity index is 1680. The van der Waals surface area contributed by atoms with Crippen LogP contribution in [0.4, 0.5) is 0 Å². The van der Waals surface area contributed by atoms with Gasteiger partial charge in [0.2, 0.25) is 0 Å². The van der Waals surface area contributed by atoms with Crippen molar-refractivity contribution in [2.75, 3.05) is 19.3 Å². The van der Waals surface area contributed by atoms with Gasteiger partial charge in [-0.1, -0.05) is 96.0 Å². The molecule has 0 aromatic heterocycles. The number of hydrogen-bond donors (Lipinski definition) is 3. The number of phenols is 1. The number of allylic oxidation sites excluding steroid dienone is 3. The number of fused-ring (bicyclic) bond motifs is 5. The van der Waals surface area contributed by atoms with E-state index in [0.29, 0.717) is 45.6 Å². The molecule has 2 aromatic carbocycles. The van der Waals surface area contributed by atoms with E-state index in [1.54, 1.807) is 0 Å². The molecule has 5 bridgehead atoms. The zero-order valence-electron chi connectivity index (χ0n) is 32.2. The number of hydrogen-bond acceptors (Lipinski definition) is 5. The van der Waals surface area contributed by atoms with Crippen LogP contribution in [0.5, 0.6) is 5.75 Å². The Kier molecular flexibility index (Phi) is 9.78. The lowest BCUT2D eigenvalue weighted by atomic mass is 9.36. The van der Waals surface area contributed by atoms with Crippen LogP contribution in [0.15, 0.2) is 66.8 Å². The highest BCUT2D eigenvalue weighted by molar-refractivity contribution is 8.77. The second-order valence-corrected chi connectivity index (χ2v) is 22.0. The first-order valence-corrected chi connectivity index (χ1v) is 23.5. The number of rotatable bonds is 2. The molecule has 4 spiro atoms. The second-order valence-electron chi connectivity index (χ2n) is 19.4. The lowest BCUT2D eigenvalue weighted by Crippen LogP contribution is -2.61. The highest BCUT2D eigenvalue weighted by Crippen LogP contribution is 2.77. The average molecular weight is 737 g/mol. The van der Waals surface area contributed by atoms with Crippen LogP contribution in [0.3, 0.4) is 0 Å². The maximum Gasteiger partial charge on any atom is 0.116 e. The van der Waals surface area contributed by atoms with Gasteiger partial charge in [0, 0.05) is 29.0 Å². The van der Waals surface area contributed by atoms with Crippen LogP contribution in [0.1, 0.15) is 113 Å². The summed E-state index contributed by atoms with van der Waals surface area (Å²) >= 11 is 0. The van der Waals surface area contributed by atoms with Crippen molar-refractivity contribution in [3.05, 3.63) is 89.0 Å². The number of phenolic OH excluding ortho intramolecular Hbond substituents is 1. The van der Waals surface area contributed by atoms with Gasteiger partial charge in [0.05, 0.1) is 0 Å². The standard InChI is InChI=1S/C47H64N2OS2/c1-32-9-8-15-46(23-32)31-44(25-40(28-48-3)45(30-44)13-6-7-14-45)26-42-38-19-35-17-34(20-41(50)21-35)18-36-10-4-5-11-37(36)27-49-33(2)29-51-52-43-12-16-47(42,46)24-39(43)22-38/h4-5,8,10-12,15-17,20-21,32-33,38-40,42-43,48-50H,6-7,9,13-14,18-19,22-31H2,1-3H3/t32-,33+,38-,39+,40+,42-,43+,44+,46+,47-/m1/s1. The van der Waals surface area contributed by atoms with Crippen LogP contribution in [0.25, 0.3) is 0 Å². The molecular formula is C47H64N2OS2. The van der Waals surface area contributed by atoms with E-state index in [4.69, 9.17) is 0 Å². The van der Waals surface area contributed by atoms with Gasteiger partial charge in [0.25, 0.3) is 0 Å². The summed E-state index contributed by atoms with van der Waals surface area (Å²) in [6, 6.07) is 16.0. The van der Waals surface area contributed by atoms with E-state index in [1.807, 2.05) is 6.07 Å². The van der Waals surface area contributed by atoms with Gasteiger partial charge in [-0.3, -0.25) is 0 Å². The van der Waals surface area contributed by atoms with E-state index >= 15 is 0 Å². The summed E-state index contributed by atoms with van der Waals surface area (Å²) in [6.07, 6.45) is 29.9. The summed E-state index contributed by atoms with van der Waals surface area (Å²) in [5.74, 6) is 5.17. The maximum atomic E-state index is 11.3. The highest BCUT2D eigenvalue weighted by atomic mass is 33.1. The first-order chi connectivity index (χ1) is 25.2. The monoisotopic (exact) mass is 736 g/mol. The van der Waals surface area contributed by atoms with Crippen LogP contribution in [0.2, 0.25) is 0 Å². The zero-order chi connectivity index (χ0) is 35.6. The molecule has 9 rings (SSSR count). The molecule has 10 atom stereocenters. The van der Waals surface area contributed by atoms with Crippen LogP contribution in [0, 0.1) is 51.2 Å². The van der Waals surface area contributed by atoms with E-state index in [1.165, 1.54) is 106 Å². The van der Waals surface area contributed by atoms with E-state index < -0.39 is 0 Å². The van der Waals surface area contributed by atoms with E-state index in [9.17, 15) is 5.11 Å². The Morgan fingerprint density at radius 2 is 1.75 bits per heavy atom. The summed E-state index contributed by atoms with van der Waals surface area (Å²) in [6.45, 7) is 7.00. The Morgan fingerprint density at radius 1 is 0.923 bits per heavy atom. The lowest BCUT2D eigenvalue weighted by Gasteiger charge is -2.68.